The van der Waals surface area contributed by atoms with Gasteiger partial charge >= 0.3 is 0 Å². The summed E-state index contributed by atoms with van der Waals surface area (Å²) >= 11 is 0. The summed E-state index contributed by atoms with van der Waals surface area (Å²) in [5, 5.41) is 8.64. The molecule has 1 unspecified atom stereocenters. The van der Waals surface area contributed by atoms with E-state index in [0.717, 1.165) is 25.0 Å². The topological polar surface area (TPSA) is 36.1 Å². The van der Waals surface area contributed by atoms with Crippen molar-refractivity contribution in [2.45, 2.75) is 46.1 Å². The molecule has 0 saturated carbocycles. The van der Waals surface area contributed by atoms with Gasteiger partial charge in [0.25, 0.3) is 0 Å². The summed E-state index contributed by atoms with van der Waals surface area (Å²) in [7, 11) is 0. The fourth-order valence-corrected chi connectivity index (χ4v) is 0.789. The molecule has 0 rings (SSSR count). The summed E-state index contributed by atoms with van der Waals surface area (Å²) < 4.78 is 0. The van der Waals surface area contributed by atoms with E-state index in [-0.39, 0.29) is 6.04 Å². The number of aliphatic imine (C=N–C) groups is 1. The number of nitriles is 1. The predicted octanol–water partition coefficient (Wildman–Crippen LogP) is 2.55. The zero-order valence-electron chi connectivity index (χ0n) is 7.59. The van der Waals surface area contributed by atoms with Crippen LogP contribution in [-0.4, -0.2) is 11.8 Å². The van der Waals surface area contributed by atoms with Gasteiger partial charge in [-0.3, -0.25) is 4.99 Å². The van der Waals surface area contributed by atoms with E-state index < -0.39 is 0 Å². The lowest BCUT2D eigenvalue weighted by molar-refractivity contribution is 0.713. The van der Waals surface area contributed by atoms with Crippen molar-refractivity contribution in [3.8, 4) is 6.07 Å². The monoisotopic (exact) mass is 152 g/mol. The van der Waals surface area contributed by atoms with Gasteiger partial charge in [0, 0.05) is 5.71 Å². The van der Waals surface area contributed by atoms with Gasteiger partial charge in [-0.05, 0) is 19.8 Å². The Hall–Kier alpha value is -0.840. The van der Waals surface area contributed by atoms with Crippen LogP contribution in [-0.2, 0) is 0 Å². The molecule has 0 spiro atoms. The molecule has 0 fully saturated rings. The van der Waals surface area contributed by atoms with Gasteiger partial charge in [0.2, 0.25) is 0 Å². The van der Waals surface area contributed by atoms with Crippen LogP contribution < -0.4 is 0 Å². The average Bonchev–Trinajstić information content (AvgIpc) is 2.03. The largest absolute Gasteiger partial charge is 0.276 e. The van der Waals surface area contributed by atoms with Gasteiger partial charge in [0.15, 0.2) is 0 Å². The summed E-state index contributed by atoms with van der Waals surface area (Å²) in [6.07, 6.45) is 2.86. The Bertz CT molecular complexity index is 165. The quantitative estimate of drug-likeness (QED) is 0.570. The second kappa shape index (κ2) is 5.91. The molecule has 0 radical (unpaired) electrons. The average molecular weight is 152 g/mol. The summed E-state index contributed by atoms with van der Waals surface area (Å²) in [5.41, 5.74) is 1.07. The summed E-state index contributed by atoms with van der Waals surface area (Å²) in [6, 6.07) is 2.07. The van der Waals surface area contributed by atoms with Gasteiger partial charge in [-0.2, -0.15) is 5.26 Å². The molecule has 0 aliphatic heterocycles. The number of hydrogen-bond acceptors (Lipinski definition) is 2. The standard InChI is InChI=1S/C9H16N2/c1-4-6-9(7-10)11-8(3)5-2/h9H,4-6H2,1-3H3. The molecule has 2 nitrogen and oxygen atoms in total. The second-order valence-corrected chi connectivity index (χ2v) is 2.65. The molecule has 62 valence electrons. The van der Waals surface area contributed by atoms with E-state index in [9.17, 15) is 0 Å². The third-order valence-electron chi connectivity index (χ3n) is 1.60. The fourth-order valence-electron chi connectivity index (χ4n) is 0.789. The van der Waals surface area contributed by atoms with E-state index in [0.29, 0.717) is 0 Å². The molecule has 0 aromatic rings. The summed E-state index contributed by atoms with van der Waals surface area (Å²) in [4.78, 5) is 4.26. The van der Waals surface area contributed by atoms with Crippen molar-refractivity contribution in [1.82, 2.24) is 0 Å². The minimum absolute atomic E-state index is 0.111. The van der Waals surface area contributed by atoms with Crippen LogP contribution in [0.1, 0.15) is 40.0 Å². The molecular weight excluding hydrogens is 136 g/mol. The Kier molecular flexibility index (Phi) is 5.46. The van der Waals surface area contributed by atoms with Gasteiger partial charge in [0.1, 0.15) is 6.04 Å². The highest BCUT2D eigenvalue weighted by Crippen LogP contribution is 2.01. The van der Waals surface area contributed by atoms with Crippen LogP contribution in [0.5, 0.6) is 0 Å². The molecule has 0 aliphatic carbocycles. The van der Waals surface area contributed by atoms with Crippen LogP contribution in [0.2, 0.25) is 0 Å². The minimum atomic E-state index is -0.111. The van der Waals surface area contributed by atoms with Crippen LogP contribution in [0, 0.1) is 11.3 Å². The smallest absolute Gasteiger partial charge is 0.136 e. The maximum absolute atomic E-state index is 8.64. The minimum Gasteiger partial charge on any atom is -0.276 e. The highest BCUT2D eigenvalue weighted by atomic mass is 14.8. The molecule has 11 heavy (non-hydrogen) atoms. The van der Waals surface area contributed by atoms with E-state index in [1.165, 1.54) is 0 Å². The van der Waals surface area contributed by atoms with Crippen LogP contribution in [0.3, 0.4) is 0 Å². The van der Waals surface area contributed by atoms with Gasteiger partial charge in [-0.15, -0.1) is 0 Å². The summed E-state index contributed by atoms with van der Waals surface area (Å²) in [6.45, 7) is 6.10. The third-order valence-corrected chi connectivity index (χ3v) is 1.60. The van der Waals surface area contributed by atoms with Crippen molar-refractivity contribution in [2.24, 2.45) is 4.99 Å². The first-order valence-corrected chi connectivity index (χ1v) is 4.17. The van der Waals surface area contributed by atoms with Gasteiger partial charge < -0.3 is 0 Å². The van der Waals surface area contributed by atoms with E-state index in [2.05, 4.69) is 24.9 Å². The first-order chi connectivity index (χ1) is 5.24. The van der Waals surface area contributed by atoms with Crippen molar-refractivity contribution >= 4 is 5.71 Å². The Balaban J connectivity index is 3.97. The maximum atomic E-state index is 8.64. The Labute approximate surface area is 68.9 Å². The van der Waals surface area contributed by atoms with Crippen molar-refractivity contribution in [3.05, 3.63) is 0 Å². The molecule has 0 heterocycles. The van der Waals surface area contributed by atoms with Crippen LogP contribution in [0.15, 0.2) is 4.99 Å². The lowest BCUT2D eigenvalue weighted by Crippen LogP contribution is -2.03. The molecule has 0 bridgehead atoms. The van der Waals surface area contributed by atoms with Crippen molar-refractivity contribution in [1.29, 1.82) is 5.26 Å². The Morgan fingerprint density at radius 1 is 1.55 bits per heavy atom. The summed E-state index contributed by atoms with van der Waals surface area (Å²) in [5.74, 6) is 0. The van der Waals surface area contributed by atoms with Crippen molar-refractivity contribution < 1.29 is 0 Å². The van der Waals surface area contributed by atoms with E-state index in [1.807, 2.05) is 6.92 Å². The van der Waals surface area contributed by atoms with E-state index in [1.54, 1.807) is 0 Å². The van der Waals surface area contributed by atoms with Crippen LogP contribution in [0.25, 0.3) is 0 Å². The molecule has 0 amide bonds. The Morgan fingerprint density at radius 3 is 2.55 bits per heavy atom. The maximum Gasteiger partial charge on any atom is 0.136 e. The third kappa shape index (κ3) is 4.55. The van der Waals surface area contributed by atoms with Crippen LogP contribution >= 0.6 is 0 Å². The fraction of sp³-hybridized carbons (Fsp3) is 0.778. The van der Waals surface area contributed by atoms with E-state index >= 15 is 0 Å². The molecule has 0 aromatic heterocycles. The molecule has 2 heteroatoms. The van der Waals surface area contributed by atoms with Gasteiger partial charge in [-0.1, -0.05) is 20.3 Å². The van der Waals surface area contributed by atoms with Crippen LogP contribution in [0.4, 0.5) is 0 Å². The number of nitrogens with zero attached hydrogens (tertiary/aromatic N) is 2. The van der Waals surface area contributed by atoms with Crippen molar-refractivity contribution in [3.63, 3.8) is 0 Å². The molecule has 0 N–H and O–H groups in total. The lowest BCUT2D eigenvalue weighted by atomic mass is 10.2. The Morgan fingerprint density at radius 2 is 2.18 bits per heavy atom. The highest BCUT2D eigenvalue weighted by Gasteiger charge is 2.01. The molecule has 0 saturated heterocycles. The molecule has 1 atom stereocenters. The number of hydrogen-bond donors (Lipinski definition) is 0. The molecular formula is C9H16N2. The zero-order chi connectivity index (χ0) is 8.69. The SMILES string of the molecule is CCCC(C#N)N=C(C)CC. The predicted molar refractivity (Wildman–Crippen MR) is 47.7 cm³/mol. The van der Waals surface area contributed by atoms with E-state index in [4.69, 9.17) is 5.26 Å². The molecule has 0 aromatic carbocycles. The normalized spacial score (nSPS) is 14.2. The molecule has 0 aliphatic rings. The first kappa shape index (κ1) is 10.2. The lowest BCUT2D eigenvalue weighted by Gasteiger charge is -2.01. The number of rotatable bonds is 4. The zero-order valence-corrected chi connectivity index (χ0v) is 7.59. The van der Waals surface area contributed by atoms with Crippen molar-refractivity contribution in [2.75, 3.05) is 0 Å². The van der Waals surface area contributed by atoms with Gasteiger partial charge in [-0.25, -0.2) is 0 Å². The second-order valence-electron chi connectivity index (χ2n) is 2.65. The van der Waals surface area contributed by atoms with Gasteiger partial charge in [0.05, 0.1) is 6.07 Å². The first-order valence-electron chi connectivity index (χ1n) is 4.17. The highest BCUT2D eigenvalue weighted by molar-refractivity contribution is 5.81.